The van der Waals surface area contributed by atoms with Crippen molar-refractivity contribution in [1.29, 1.82) is 0 Å². The van der Waals surface area contributed by atoms with Gasteiger partial charge in [0.05, 0.1) is 6.26 Å². The molecule has 4 nitrogen and oxygen atoms in total. The highest BCUT2D eigenvalue weighted by Gasteiger charge is 2.58. The van der Waals surface area contributed by atoms with Gasteiger partial charge in [0.1, 0.15) is 6.10 Å². The van der Waals surface area contributed by atoms with Gasteiger partial charge >= 0.3 is 5.97 Å². The lowest BCUT2D eigenvalue weighted by atomic mass is 9.54. The highest BCUT2D eigenvalue weighted by atomic mass is 16.5. The molecule has 1 aromatic heterocycles. The van der Waals surface area contributed by atoms with Gasteiger partial charge in [0.2, 0.25) is 5.78 Å². The fraction of sp³-hybridized carbons (Fsp3) is 0.647. The molecule has 0 amide bonds. The molecule has 3 rings (SSSR count). The zero-order chi connectivity index (χ0) is 15.4. The molecule has 0 unspecified atom stereocenters. The minimum absolute atomic E-state index is 0.0792. The molecule has 1 heterocycles. The maximum Gasteiger partial charge on any atom is 0.303 e. The number of rotatable bonds is 1. The van der Waals surface area contributed by atoms with Gasteiger partial charge in [0, 0.05) is 23.8 Å². The van der Waals surface area contributed by atoms with E-state index in [1.807, 2.05) is 6.92 Å². The smallest absolute Gasteiger partial charge is 0.303 e. The van der Waals surface area contributed by atoms with Crippen molar-refractivity contribution in [3.8, 4) is 0 Å². The van der Waals surface area contributed by atoms with Crippen molar-refractivity contribution in [3.05, 3.63) is 23.2 Å². The Balaban J connectivity index is 2.20. The topological polar surface area (TPSA) is 56.5 Å². The molecule has 0 bridgehead atoms. The Morgan fingerprint density at radius 3 is 2.81 bits per heavy atom. The van der Waals surface area contributed by atoms with Crippen molar-refractivity contribution in [3.63, 3.8) is 0 Å². The lowest BCUT2D eigenvalue weighted by molar-refractivity contribution is -0.163. The van der Waals surface area contributed by atoms with E-state index in [0.29, 0.717) is 11.7 Å². The van der Waals surface area contributed by atoms with Crippen molar-refractivity contribution < 1.29 is 18.7 Å². The SMILES string of the molecule is CC(=O)O[C@@H]1c2c(C)coc2C(=O)[C@H]2CCC[C@H](C)[C@]21C. The van der Waals surface area contributed by atoms with Gasteiger partial charge in [-0.3, -0.25) is 9.59 Å². The summed E-state index contributed by atoms with van der Waals surface area (Å²) in [5.74, 6) is 0.375. The monoisotopic (exact) mass is 290 g/mol. The summed E-state index contributed by atoms with van der Waals surface area (Å²) < 4.78 is 11.2. The van der Waals surface area contributed by atoms with Crippen molar-refractivity contribution in [2.24, 2.45) is 17.3 Å². The van der Waals surface area contributed by atoms with Crippen LogP contribution in [0.3, 0.4) is 0 Å². The van der Waals surface area contributed by atoms with Crippen LogP contribution in [-0.4, -0.2) is 11.8 Å². The molecule has 0 aromatic carbocycles. The highest BCUT2D eigenvalue weighted by Crippen LogP contribution is 2.59. The van der Waals surface area contributed by atoms with Crippen LogP contribution >= 0.6 is 0 Å². The number of aryl methyl sites for hydroxylation is 1. The zero-order valence-corrected chi connectivity index (χ0v) is 13.1. The molecule has 0 spiro atoms. The van der Waals surface area contributed by atoms with Crippen molar-refractivity contribution in [2.45, 2.75) is 53.1 Å². The molecule has 114 valence electrons. The summed E-state index contributed by atoms with van der Waals surface area (Å²) in [6, 6.07) is 0. The predicted octanol–water partition coefficient (Wildman–Crippen LogP) is 3.83. The Hall–Kier alpha value is -1.58. The molecule has 21 heavy (non-hydrogen) atoms. The third-order valence-electron chi connectivity index (χ3n) is 5.62. The first-order valence-corrected chi connectivity index (χ1v) is 7.66. The highest BCUT2D eigenvalue weighted by molar-refractivity contribution is 5.99. The first-order chi connectivity index (χ1) is 9.87. The molecular weight excluding hydrogens is 268 g/mol. The Morgan fingerprint density at radius 2 is 2.14 bits per heavy atom. The summed E-state index contributed by atoms with van der Waals surface area (Å²) >= 11 is 0. The molecule has 4 atom stereocenters. The quantitative estimate of drug-likeness (QED) is 0.737. The largest absolute Gasteiger partial charge is 0.461 e. The summed E-state index contributed by atoms with van der Waals surface area (Å²) in [6.45, 7) is 7.60. The third-order valence-corrected chi connectivity index (χ3v) is 5.62. The van der Waals surface area contributed by atoms with E-state index in [2.05, 4.69) is 13.8 Å². The summed E-state index contributed by atoms with van der Waals surface area (Å²) in [5, 5.41) is 0. The zero-order valence-electron chi connectivity index (χ0n) is 13.1. The summed E-state index contributed by atoms with van der Waals surface area (Å²) in [6.07, 6.45) is 4.15. The summed E-state index contributed by atoms with van der Waals surface area (Å²) in [7, 11) is 0. The molecule has 2 aliphatic rings. The van der Waals surface area contributed by atoms with E-state index < -0.39 is 0 Å². The van der Waals surface area contributed by atoms with Crippen LogP contribution in [0.15, 0.2) is 10.7 Å². The van der Waals surface area contributed by atoms with E-state index in [4.69, 9.17) is 9.15 Å². The molecule has 0 aliphatic heterocycles. The molecule has 1 saturated carbocycles. The van der Waals surface area contributed by atoms with Crippen LogP contribution in [-0.2, 0) is 9.53 Å². The number of fused-ring (bicyclic) bond motifs is 2. The second kappa shape index (κ2) is 4.72. The summed E-state index contributed by atoms with van der Waals surface area (Å²) in [5.41, 5.74) is 1.33. The predicted molar refractivity (Wildman–Crippen MR) is 76.9 cm³/mol. The average Bonchev–Trinajstić information content (AvgIpc) is 2.79. The third kappa shape index (κ3) is 1.88. The first kappa shape index (κ1) is 14.4. The Morgan fingerprint density at radius 1 is 1.43 bits per heavy atom. The molecular formula is C17H22O4. The van der Waals surface area contributed by atoms with Crippen LogP contribution < -0.4 is 0 Å². The number of carbonyl (C=O) groups is 2. The van der Waals surface area contributed by atoms with Crippen LogP contribution in [0.1, 0.15) is 67.8 Å². The second-order valence-corrected chi connectivity index (χ2v) is 6.77. The van der Waals surface area contributed by atoms with Gasteiger partial charge in [-0.15, -0.1) is 0 Å². The van der Waals surface area contributed by atoms with Crippen molar-refractivity contribution >= 4 is 11.8 Å². The van der Waals surface area contributed by atoms with Crippen molar-refractivity contribution in [1.82, 2.24) is 0 Å². The first-order valence-electron chi connectivity index (χ1n) is 7.66. The lowest BCUT2D eigenvalue weighted by Crippen LogP contribution is -2.50. The minimum Gasteiger partial charge on any atom is -0.461 e. The molecule has 0 radical (unpaired) electrons. The van der Waals surface area contributed by atoms with Gasteiger partial charge in [-0.1, -0.05) is 20.3 Å². The van der Waals surface area contributed by atoms with Gasteiger partial charge in [-0.2, -0.15) is 0 Å². The molecule has 0 saturated heterocycles. The fourth-order valence-electron chi connectivity index (χ4n) is 4.24. The molecule has 2 aliphatic carbocycles. The van der Waals surface area contributed by atoms with Crippen LogP contribution in [0, 0.1) is 24.2 Å². The van der Waals surface area contributed by atoms with Gasteiger partial charge in [-0.25, -0.2) is 0 Å². The molecule has 0 N–H and O–H groups in total. The van der Waals surface area contributed by atoms with Crippen LogP contribution in [0.2, 0.25) is 0 Å². The number of ether oxygens (including phenoxy) is 1. The number of ketones is 1. The van der Waals surface area contributed by atoms with Gasteiger partial charge in [0.25, 0.3) is 0 Å². The number of Topliss-reactive ketones (excluding diaryl/α,β-unsaturated/α-hetero) is 1. The normalized spacial score (nSPS) is 35.0. The van der Waals surface area contributed by atoms with Crippen LogP contribution in [0.25, 0.3) is 0 Å². The van der Waals surface area contributed by atoms with Gasteiger partial charge < -0.3 is 9.15 Å². The number of esters is 1. The maximum atomic E-state index is 12.8. The molecule has 1 aromatic rings. The fourth-order valence-corrected chi connectivity index (χ4v) is 4.24. The lowest BCUT2D eigenvalue weighted by Gasteiger charge is -2.51. The number of carbonyl (C=O) groups excluding carboxylic acids is 2. The van der Waals surface area contributed by atoms with E-state index >= 15 is 0 Å². The van der Waals surface area contributed by atoms with Gasteiger partial charge in [0.15, 0.2) is 5.76 Å². The van der Waals surface area contributed by atoms with Crippen molar-refractivity contribution in [2.75, 3.05) is 0 Å². The Bertz CT molecular complexity index is 600. The summed E-state index contributed by atoms with van der Waals surface area (Å²) in [4.78, 5) is 24.4. The second-order valence-electron chi connectivity index (χ2n) is 6.77. The van der Waals surface area contributed by atoms with E-state index in [-0.39, 0.29) is 29.2 Å². The molecule has 1 fully saturated rings. The Labute approximate surface area is 124 Å². The Kier molecular flexibility index (Phi) is 3.23. The van der Waals surface area contributed by atoms with E-state index in [0.717, 1.165) is 30.4 Å². The molecule has 4 heteroatoms. The standard InChI is InChI=1S/C17H22O4/c1-9-8-20-15-13(9)16(21-11(3)18)17(4)10(2)6-5-7-12(17)14(15)19/h8,10,12,16H,5-7H2,1-4H3/t10-,12+,16+,17+/m0/s1. The average molecular weight is 290 g/mol. The number of hydrogen-bond donors (Lipinski definition) is 0. The van der Waals surface area contributed by atoms with E-state index in [1.54, 1.807) is 6.26 Å². The van der Waals surface area contributed by atoms with E-state index in [1.165, 1.54) is 6.92 Å². The number of hydrogen-bond acceptors (Lipinski definition) is 4. The maximum absolute atomic E-state index is 12.8. The van der Waals surface area contributed by atoms with Gasteiger partial charge in [-0.05, 0) is 31.2 Å². The minimum atomic E-state index is -0.387. The van der Waals surface area contributed by atoms with Crippen LogP contribution in [0.4, 0.5) is 0 Å². The van der Waals surface area contributed by atoms with Crippen LogP contribution in [0.5, 0.6) is 0 Å². The number of furan rings is 1. The van der Waals surface area contributed by atoms with E-state index in [9.17, 15) is 9.59 Å².